The van der Waals surface area contributed by atoms with Gasteiger partial charge < -0.3 is 16.2 Å². The van der Waals surface area contributed by atoms with E-state index in [0.29, 0.717) is 24.5 Å². The minimum atomic E-state index is -4.18. The maximum Gasteiger partial charge on any atom is 1.00 e. The van der Waals surface area contributed by atoms with E-state index < -0.39 is 16.0 Å². The van der Waals surface area contributed by atoms with E-state index in [9.17, 15) is 18.3 Å². The third-order valence-electron chi connectivity index (χ3n) is 4.00. The number of carboxylic acids is 1. The zero-order valence-electron chi connectivity index (χ0n) is 15.4. The molecule has 0 aromatic heterocycles. The van der Waals surface area contributed by atoms with Crippen LogP contribution in [0.4, 0.5) is 5.69 Å². The summed E-state index contributed by atoms with van der Waals surface area (Å²) in [4.78, 5) is 13.0. The Morgan fingerprint density at radius 3 is 2.31 bits per heavy atom. The summed E-state index contributed by atoms with van der Waals surface area (Å²) in [5, 5.41) is 14.7. The van der Waals surface area contributed by atoms with Gasteiger partial charge in [-0.25, -0.2) is 18.4 Å². The van der Waals surface area contributed by atoms with Gasteiger partial charge in [-0.15, -0.1) is 0 Å². The van der Waals surface area contributed by atoms with Crippen molar-refractivity contribution in [3.05, 3.63) is 48.0 Å². The number of hydrogen-bond acceptors (Lipinski definition) is 5. The number of ether oxygens (including phenoxy) is 1. The van der Waals surface area contributed by atoms with Crippen molar-refractivity contribution in [3.63, 3.8) is 0 Å². The fraction of sp³-hybridized carbons (Fsp3) is 0.235. The largest absolute Gasteiger partial charge is 1.00 e. The summed E-state index contributed by atoms with van der Waals surface area (Å²) in [5.74, 6) is -0.729. The molecule has 1 saturated heterocycles. The molecule has 1 heterocycles. The molecule has 0 unspecified atom stereocenters. The van der Waals surface area contributed by atoms with Gasteiger partial charge in [0, 0.05) is 13.1 Å². The fourth-order valence-electron chi connectivity index (χ4n) is 2.82. The molecule has 1 fully saturated rings. The Labute approximate surface area is 175 Å². The van der Waals surface area contributed by atoms with Gasteiger partial charge >= 0.3 is 35.5 Å². The Morgan fingerprint density at radius 2 is 1.77 bits per heavy atom. The first-order valence-electron chi connectivity index (χ1n) is 7.78. The molecule has 3 rings (SSSR count). The Hall–Kier alpha value is -1.58. The predicted molar refractivity (Wildman–Crippen MR) is 93.8 cm³/mol. The number of hydrogen-bond donors (Lipinski definition) is 2. The van der Waals surface area contributed by atoms with Gasteiger partial charge in [-0.1, -0.05) is 18.2 Å². The minimum absolute atomic E-state index is 0. The molecule has 2 aromatic rings. The monoisotopic (exact) mass is 386 g/mol. The van der Waals surface area contributed by atoms with Crippen molar-refractivity contribution >= 4 is 21.7 Å². The van der Waals surface area contributed by atoms with Crippen molar-refractivity contribution in [2.75, 3.05) is 18.0 Å². The van der Waals surface area contributed by atoms with E-state index in [4.69, 9.17) is 9.88 Å². The number of nitrogens with two attached hydrogens (primary N) is 1. The van der Waals surface area contributed by atoms with E-state index in [0.717, 1.165) is 18.9 Å². The molecule has 0 radical (unpaired) electrons. The topological polar surface area (TPSA) is 110 Å². The van der Waals surface area contributed by atoms with Gasteiger partial charge in [0.2, 0.25) is 10.0 Å². The van der Waals surface area contributed by atoms with Crippen molar-refractivity contribution in [2.24, 2.45) is 5.14 Å². The van der Waals surface area contributed by atoms with Gasteiger partial charge in [0.25, 0.3) is 0 Å². The molecule has 1 aliphatic rings. The normalized spacial score (nSPS) is 14.0. The van der Waals surface area contributed by atoms with Gasteiger partial charge in [-0.2, -0.15) is 0 Å². The maximum absolute atomic E-state index is 12.1. The van der Waals surface area contributed by atoms with Crippen LogP contribution >= 0.6 is 0 Å². The van der Waals surface area contributed by atoms with Crippen LogP contribution in [0, 0.1) is 0 Å². The number of sulfonamides is 1. The summed E-state index contributed by atoms with van der Waals surface area (Å²) in [6.07, 6.45) is 1.87. The molecule has 0 amide bonds. The van der Waals surface area contributed by atoms with Gasteiger partial charge in [-0.3, -0.25) is 0 Å². The molecule has 134 valence electrons. The SMILES string of the molecule is NS(=O)(=O)c1cc(C(=O)O)cc(N2CCCC2)c1Oc1ccccc1.[H-].[Na+]. The number of aromatic carboxylic acids is 1. The maximum atomic E-state index is 12.1. The summed E-state index contributed by atoms with van der Waals surface area (Å²) < 4.78 is 30.0. The summed E-state index contributed by atoms with van der Waals surface area (Å²) in [7, 11) is -4.18. The molecule has 2 aromatic carbocycles. The van der Waals surface area contributed by atoms with Crippen LogP contribution in [0.1, 0.15) is 24.6 Å². The van der Waals surface area contributed by atoms with Crippen LogP contribution in [0.25, 0.3) is 0 Å². The summed E-state index contributed by atoms with van der Waals surface area (Å²) >= 11 is 0. The molecule has 0 bridgehead atoms. The van der Waals surface area contributed by atoms with E-state index in [2.05, 4.69) is 0 Å². The third kappa shape index (κ3) is 4.57. The zero-order chi connectivity index (χ0) is 18.0. The number of carbonyl (C=O) groups is 1. The first-order valence-corrected chi connectivity index (χ1v) is 9.33. The van der Waals surface area contributed by atoms with Crippen LogP contribution in [0.15, 0.2) is 47.4 Å². The van der Waals surface area contributed by atoms with E-state index in [1.807, 2.05) is 11.0 Å². The summed E-state index contributed by atoms with van der Waals surface area (Å²) in [5.41, 5.74) is 0.275. The Morgan fingerprint density at radius 1 is 1.15 bits per heavy atom. The fourth-order valence-corrected chi connectivity index (χ4v) is 3.52. The molecule has 1 aliphatic heterocycles. The number of para-hydroxylation sites is 1. The van der Waals surface area contributed by atoms with E-state index in [1.54, 1.807) is 24.3 Å². The number of carboxylic acid groups (broad SMARTS) is 1. The second-order valence-corrected chi connectivity index (χ2v) is 7.31. The molecule has 0 atom stereocenters. The molecule has 0 aliphatic carbocycles. The first kappa shape index (κ1) is 20.7. The number of anilines is 1. The first-order chi connectivity index (χ1) is 11.9. The number of nitrogens with zero attached hydrogens (tertiary/aromatic N) is 1. The third-order valence-corrected chi connectivity index (χ3v) is 4.91. The molecule has 3 N–H and O–H groups in total. The second-order valence-electron chi connectivity index (χ2n) is 5.78. The number of primary sulfonamides is 1. The van der Waals surface area contributed by atoms with E-state index in [1.165, 1.54) is 6.07 Å². The zero-order valence-corrected chi connectivity index (χ0v) is 17.2. The van der Waals surface area contributed by atoms with E-state index in [-0.39, 0.29) is 47.2 Å². The molecule has 7 nitrogen and oxygen atoms in total. The van der Waals surface area contributed by atoms with Crippen molar-refractivity contribution < 1.29 is 54.0 Å². The van der Waals surface area contributed by atoms with Crippen molar-refractivity contribution in [3.8, 4) is 11.5 Å². The molecular formula is C17H19N2NaO5S. The average Bonchev–Trinajstić information content (AvgIpc) is 3.09. The standard InChI is InChI=1S/C17H18N2O5S.Na.H/c18-25(22,23)15-11-12(17(20)21)10-14(19-8-4-5-9-19)16(15)24-13-6-2-1-3-7-13;;/h1-3,6-7,10-11H,4-5,8-9H2,(H,20,21)(H2,18,22,23);;/q;+1;-1. The van der Waals surface area contributed by atoms with Gasteiger partial charge in [0.15, 0.2) is 5.75 Å². The van der Waals surface area contributed by atoms with Crippen LogP contribution in [0.2, 0.25) is 0 Å². The van der Waals surface area contributed by atoms with Crippen molar-refractivity contribution in [2.45, 2.75) is 17.7 Å². The summed E-state index contributed by atoms with van der Waals surface area (Å²) in [6.45, 7) is 1.39. The number of benzene rings is 2. The quantitative estimate of drug-likeness (QED) is 0.673. The van der Waals surface area contributed by atoms with E-state index >= 15 is 0 Å². The molecule has 26 heavy (non-hydrogen) atoms. The predicted octanol–water partition coefficient (Wildman–Crippen LogP) is -0.459. The van der Waals surface area contributed by atoms with Crippen LogP contribution < -0.4 is 44.3 Å². The average molecular weight is 386 g/mol. The van der Waals surface area contributed by atoms with Crippen LogP contribution in [-0.2, 0) is 10.0 Å². The minimum Gasteiger partial charge on any atom is -1.00 e. The van der Waals surface area contributed by atoms with Crippen LogP contribution in [-0.4, -0.2) is 32.6 Å². The smallest absolute Gasteiger partial charge is 1.00 e. The second kappa shape index (κ2) is 8.41. The van der Waals surface area contributed by atoms with Gasteiger partial charge in [0.1, 0.15) is 10.6 Å². The van der Waals surface area contributed by atoms with Gasteiger partial charge in [0.05, 0.1) is 11.3 Å². The Bertz CT molecular complexity index is 903. The molecule has 9 heteroatoms. The molecule has 0 saturated carbocycles. The van der Waals surface area contributed by atoms with Crippen molar-refractivity contribution in [1.29, 1.82) is 0 Å². The number of rotatable bonds is 5. The Balaban J connectivity index is 0.00000182. The van der Waals surface area contributed by atoms with Crippen molar-refractivity contribution in [1.82, 2.24) is 0 Å². The van der Waals surface area contributed by atoms with Gasteiger partial charge in [-0.05, 0) is 37.1 Å². The van der Waals surface area contributed by atoms with Crippen LogP contribution in [0.3, 0.4) is 0 Å². The molecule has 0 spiro atoms. The van der Waals surface area contributed by atoms with Crippen LogP contribution in [0.5, 0.6) is 11.5 Å². The Kier molecular flexibility index (Phi) is 6.70. The summed E-state index contributed by atoms with van der Waals surface area (Å²) in [6, 6.07) is 11.2. The molecular weight excluding hydrogens is 367 g/mol.